The Morgan fingerprint density at radius 1 is 1.35 bits per heavy atom. The molecule has 1 aromatic carbocycles. The van der Waals surface area contributed by atoms with Crippen molar-refractivity contribution in [2.75, 3.05) is 6.26 Å². The molecule has 20 heavy (non-hydrogen) atoms. The van der Waals surface area contributed by atoms with Crippen molar-refractivity contribution >= 4 is 26.0 Å². The number of rotatable bonds is 4. The van der Waals surface area contributed by atoms with Crippen molar-refractivity contribution in [3.8, 4) is 17.1 Å². The standard InChI is InChI=1S/C13H15BrN2O3S/c1-9(2)19-12-5-4-10(8-11(12)14)13-15-6-7-16(13)20(3,17)18/h4-9H,1-3H3. The maximum atomic E-state index is 11.7. The van der Waals surface area contributed by atoms with E-state index in [0.717, 1.165) is 14.7 Å². The molecule has 108 valence electrons. The molecular formula is C13H15BrN2O3S. The second kappa shape index (κ2) is 5.57. The summed E-state index contributed by atoms with van der Waals surface area (Å²) in [6.07, 6.45) is 4.10. The van der Waals surface area contributed by atoms with Gasteiger partial charge >= 0.3 is 0 Å². The van der Waals surface area contributed by atoms with E-state index in [1.807, 2.05) is 13.8 Å². The van der Waals surface area contributed by atoms with E-state index in [9.17, 15) is 8.42 Å². The lowest BCUT2D eigenvalue weighted by Gasteiger charge is -2.12. The molecule has 0 bridgehead atoms. The summed E-state index contributed by atoms with van der Waals surface area (Å²) in [5, 5.41) is 0. The topological polar surface area (TPSA) is 61.2 Å². The highest BCUT2D eigenvalue weighted by Gasteiger charge is 2.15. The molecule has 0 fully saturated rings. The van der Waals surface area contributed by atoms with E-state index in [2.05, 4.69) is 20.9 Å². The summed E-state index contributed by atoms with van der Waals surface area (Å²) in [6.45, 7) is 3.88. The third-order valence-electron chi connectivity index (χ3n) is 2.52. The van der Waals surface area contributed by atoms with Crippen molar-refractivity contribution in [2.45, 2.75) is 20.0 Å². The van der Waals surface area contributed by atoms with E-state index in [4.69, 9.17) is 4.74 Å². The van der Waals surface area contributed by atoms with Gasteiger partial charge in [-0.1, -0.05) is 0 Å². The summed E-state index contributed by atoms with van der Waals surface area (Å²) in [5.74, 6) is 1.09. The van der Waals surface area contributed by atoms with Gasteiger partial charge in [-0.05, 0) is 48.0 Å². The summed E-state index contributed by atoms with van der Waals surface area (Å²) in [4.78, 5) is 4.11. The lowest BCUT2D eigenvalue weighted by molar-refractivity contribution is 0.241. The second-order valence-electron chi connectivity index (χ2n) is 4.62. The van der Waals surface area contributed by atoms with Gasteiger partial charge in [0.2, 0.25) is 10.0 Å². The van der Waals surface area contributed by atoms with Crippen LogP contribution in [-0.2, 0) is 10.0 Å². The number of hydrogen-bond donors (Lipinski definition) is 0. The molecule has 0 spiro atoms. The first kappa shape index (κ1) is 15.1. The van der Waals surface area contributed by atoms with Crippen LogP contribution in [0.5, 0.6) is 5.75 Å². The second-order valence-corrected chi connectivity index (χ2v) is 7.34. The van der Waals surface area contributed by atoms with Crippen LogP contribution in [0.15, 0.2) is 35.1 Å². The smallest absolute Gasteiger partial charge is 0.237 e. The molecule has 1 heterocycles. The van der Waals surface area contributed by atoms with E-state index < -0.39 is 10.0 Å². The Kier molecular flexibility index (Phi) is 4.19. The van der Waals surface area contributed by atoms with E-state index in [-0.39, 0.29) is 6.10 Å². The molecule has 0 atom stereocenters. The van der Waals surface area contributed by atoms with E-state index in [1.54, 1.807) is 18.2 Å². The third-order valence-corrected chi connectivity index (χ3v) is 4.15. The first-order valence-corrected chi connectivity index (χ1v) is 8.63. The number of aromatic nitrogens is 2. The van der Waals surface area contributed by atoms with E-state index >= 15 is 0 Å². The molecule has 0 radical (unpaired) electrons. The predicted molar refractivity (Wildman–Crippen MR) is 81.4 cm³/mol. The van der Waals surface area contributed by atoms with Crippen LogP contribution in [-0.4, -0.2) is 29.7 Å². The summed E-state index contributed by atoms with van der Waals surface area (Å²) in [7, 11) is -3.37. The first-order valence-electron chi connectivity index (χ1n) is 5.99. The molecule has 0 unspecified atom stereocenters. The van der Waals surface area contributed by atoms with Gasteiger partial charge in [-0.15, -0.1) is 0 Å². The largest absolute Gasteiger partial charge is 0.490 e. The summed E-state index contributed by atoms with van der Waals surface area (Å²) in [6, 6.07) is 5.37. The zero-order valence-corrected chi connectivity index (χ0v) is 13.8. The normalized spacial score (nSPS) is 11.8. The van der Waals surface area contributed by atoms with Gasteiger partial charge in [0.1, 0.15) is 5.75 Å². The minimum Gasteiger partial charge on any atom is -0.490 e. The molecule has 0 aliphatic rings. The fraction of sp³-hybridized carbons (Fsp3) is 0.308. The number of benzene rings is 1. The highest BCUT2D eigenvalue weighted by Crippen LogP contribution is 2.31. The van der Waals surface area contributed by atoms with Crippen LogP contribution in [0.3, 0.4) is 0 Å². The number of halogens is 1. The number of hydrogen-bond acceptors (Lipinski definition) is 4. The fourth-order valence-electron chi connectivity index (χ4n) is 1.75. The summed E-state index contributed by atoms with van der Waals surface area (Å²) < 4.78 is 30.9. The molecule has 0 aliphatic carbocycles. The minimum absolute atomic E-state index is 0.0650. The quantitative estimate of drug-likeness (QED) is 0.842. The van der Waals surface area contributed by atoms with Crippen LogP contribution >= 0.6 is 15.9 Å². The van der Waals surface area contributed by atoms with Crippen molar-refractivity contribution in [1.82, 2.24) is 8.96 Å². The van der Waals surface area contributed by atoms with Gasteiger partial charge in [0.05, 0.1) is 16.8 Å². The highest BCUT2D eigenvalue weighted by atomic mass is 79.9. The maximum Gasteiger partial charge on any atom is 0.237 e. The Bertz CT molecular complexity index is 723. The Morgan fingerprint density at radius 2 is 2.05 bits per heavy atom. The number of imidazole rings is 1. The van der Waals surface area contributed by atoms with Crippen molar-refractivity contribution < 1.29 is 13.2 Å². The Morgan fingerprint density at radius 3 is 2.60 bits per heavy atom. The van der Waals surface area contributed by atoms with Crippen molar-refractivity contribution in [2.24, 2.45) is 0 Å². The zero-order valence-electron chi connectivity index (χ0n) is 11.4. The van der Waals surface area contributed by atoms with Crippen LogP contribution in [0.25, 0.3) is 11.4 Å². The molecule has 5 nitrogen and oxygen atoms in total. The lowest BCUT2D eigenvalue weighted by atomic mass is 10.2. The average Bonchev–Trinajstić information content (AvgIpc) is 2.80. The highest BCUT2D eigenvalue weighted by molar-refractivity contribution is 9.10. The summed E-state index contributed by atoms with van der Waals surface area (Å²) in [5.41, 5.74) is 0.698. The Labute approximate surface area is 126 Å². The molecule has 2 aromatic rings. The van der Waals surface area contributed by atoms with Gasteiger partial charge in [-0.3, -0.25) is 0 Å². The van der Waals surface area contributed by atoms with Crippen LogP contribution in [0.2, 0.25) is 0 Å². The summed E-state index contributed by atoms with van der Waals surface area (Å²) >= 11 is 3.42. The van der Waals surface area contributed by atoms with Gasteiger partial charge in [0, 0.05) is 18.0 Å². The number of ether oxygens (including phenoxy) is 1. The molecule has 1 aromatic heterocycles. The average molecular weight is 359 g/mol. The van der Waals surface area contributed by atoms with Gasteiger partial charge in [-0.2, -0.15) is 0 Å². The van der Waals surface area contributed by atoms with E-state index in [1.165, 1.54) is 12.4 Å². The lowest BCUT2D eigenvalue weighted by Crippen LogP contribution is -2.10. The molecular weight excluding hydrogens is 344 g/mol. The van der Waals surface area contributed by atoms with Crippen molar-refractivity contribution in [1.29, 1.82) is 0 Å². The van der Waals surface area contributed by atoms with E-state index in [0.29, 0.717) is 17.1 Å². The molecule has 0 aliphatic heterocycles. The van der Waals surface area contributed by atoms with Gasteiger partial charge in [-0.25, -0.2) is 17.4 Å². The van der Waals surface area contributed by atoms with Crippen molar-refractivity contribution in [3.63, 3.8) is 0 Å². The fourth-order valence-corrected chi connectivity index (χ4v) is 2.97. The molecule has 0 saturated carbocycles. The monoisotopic (exact) mass is 358 g/mol. The van der Waals surface area contributed by atoms with Crippen LogP contribution in [0.1, 0.15) is 13.8 Å². The first-order chi connectivity index (χ1) is 9.29. The Balaban J connectivity index is 2.45. The molecule has 0 saturated heterocycles. The van der Waals surface area contributed by atoms with Crippen LogP contribution < -0.4 is 4.74 Å². The predicted octanol–water partition coefficient (Wildman–Crippen LogP) is 2.91. The van der Waals surface area contributed by atoms with Crippen molar-refractivity contribution in [3.05, 3.63) is 35.1 Å². The van der Waals surface area contributed by atoms with Gasteiger partial charge < -0.3 is 4.74 Å². The van der Waals surface area contributed by atoms with Gasteiger partial charge in [0.15, 0.2) is 5.82 Å². The minimum atomic E-state index is -3.37. The maximum absolute atomic E-state index is 11.7. The molecule has 0 amide bonds. The van der Waals surface area contributed by atoms with Gasteiger partial charge in [0.25, 0.3) is 0 Å². The molecule has 2 rings (SSSR count). The molecule has 7 heteroatoms. The Hall–Kier alpha value is -1.34. The van der Waals surface area contributed by atoms with Crippen LogP contribution in [0, 0.1) is 0 Å². The zero-order chi connectivity index (χ0) is 14.9. The van der Waals surface area contributed by atoms with Crippen LogP contribution in [0.4, 0.5) is 0 Å². The number of nitrogens with zero attached hydrogens (tertiary/aromatic N) is 2. The third kappa shape index (κ3) is 3.21. The molecule has 0 N–H and O–H groups in total. The SMILES string of the molecule is CC(C)Oc1ccc(-c2nccn2S(C)(=O)=O)cc1Br.